The van der Waals surface area contributed by atoms with Crippen molar-refractivity contribution in [2.75, 3.05) is 13.1 Å². The van der Waals surface area contributed by atoms with Crippen LogP contribution in [-0.2, 0) is 21.7 Å². The highest BCUT2D eigenvalue weighted by atomic mass is 127. The SMILES string of the molecule is CC(C)Oc1nc(CNC(=O)[C@@H]2CCCN2CCc2ccc(F)cc2)cc(-c2cnc(C(F)(F)I)nc2)n1. The van der Waals surface area contributed by atoms with E-state index in [0.717, 1.165) is 54.0 Å². The fraction of sp³-hybridized carbons (Fsp3) is 0.423. The molecular formula is C26H28F3IN6O2. The zero-order valence-electron chi connectivity index (χ0n) is 21.0. The molecule has 3 heterocycles. The third-order valence-electron chi connectivity index (χ3n) is 6.01. The lowest BCUT2D eigenvalue weighted by atomic mass is 10.1. The van der Waals surface area contributed by atoms with Gasteiger partial charge in [-0.05, 0) is 63.4 Å². The van der Waals surface area contributed by atoms with Crippen LogP contribution in [0.25, 0.3) is 11.3 Å². The van der Waals surface area contributed by atoms with Gasteiger partial charge in [-0.2, -0.15) is 18.7 Å². The molecule has 202 valence electrons. The number of hydrogen-bond donors (Lipinski definition) is 1. The van der Waals surface area contributed by atoms with Crippen molar-refractivity contribution >= 4 is 28.5 Å². The summed E-state index contributed by atoms with van der Waals surface area (Å²) in [6.07, 6.45) is 4.73. The zero-order valence-corrected chi connectivity index (χ0v) is 23.2. The monoisotopic (exact) mass is 640 g/mol. The molecule has 4 rings (SSSR count). The molecule has 3 aromatic rings. The summed E-state index contributed by atoms with van der Waals surface area (Å²) in [5.41, 5.74) is 2.33. The van der Waals surface area contributed by atoms with Crippen molar-refractivity contribution in [2.45, 2.75) is 55.7 Å². The highest BCUT2D eigenvalue weighted by Gasteiger charge is 2.31. The summed E-state index contributed by atoms with van der Waals surface area (Å²) in [5, 5.41) is 2.96. The van der Waals surface area contributed by atoms with E-state index in [2.05, 4.69) is 30.2 Å². The predicted molar refractivity (Wildman–Crippen MR) is 143 cm³/mol. The molecule has 0 unspecified atom stereocenters. The first-order chi connectivity index (χ1) is 18.1. The van der Waals surface area contributed by atoms with Crippen molar-refractivity contribution in [1.82, 2.24) is 30.2 Å². The number of aromatic nitrogens is 4. The number of halogens is 4. The Morgan fingerprint density at radius 1 is 1.21 bits per heavy atom. The molecule has 0 spiro atoms. The maximum Gasteiger partial charge on any atom is 0.354 e. The lowest BCUT2D eigenvalue weighted by molar-refractivity contribution is -0.125. The van der Waals surface area contributed by atoms with Gasteiger partial charge in [-0.15, -0.1) is 0 Å². The van der Waals surface area contributed by atoms with Gasteiger partial charge in [0.2, 0.25) is 11.7 Å². The molecule has 1 saturated heterocycles. The number of benzene rings is 1. The van der Waals surface area contributed by atoms with Crippen LogP contribution in [0.4, 0.5) is 13.2 Å². The molecule has 0 bridgehead atoms. The molecule has 1 amide bonds. The topological polar surface area (TPSA) is 93.1 Å². The molecule has 0 aliphatic carbocycles. The number of alkyl halides is 3. The molecular weight excluding hydrogens is 612 g/mol. The van der Waals surface area contributed by atoms with Crippen molar-refractivity contribution in [2.24, 2.45) is 0 Å². The van der Waals surface area contributed by atoms with E-state index in [9.17, 15) is 18.0 Å². The lowest BCUT2D eigenvalue weighted by Crippen LogP contribution is -2.43. The zero-order chi connectivity index (χ0) is 27.3. The maximum absolute atomic E-state index is 13.5. The van der Waals surface area contributed by atoms with Gasteiger partial charge in [-0.25, -0.2) is 14.4 Å². The fourth-order valence-corrected chi connectivity index (χ4v) is 4.47. The van der Waals surface area contributed by atoms with Gasteiger partial charge in [0.25, 0.3) is 0 Å². The second kappa shape index (κ2) is 12.3. The van der Waals surface area contributed by atoms with Crippen molar-refractivity contribution in [1.29, 1.82) is 0 Å². The number of carbonyl (C=O) groups excluding carboxylic acids is 1. The Labute approximate surface area is 232 Å². The van der Waals surface area contributed by atoms with Gasteiger partial charge in [0.05, 0.1) is 30.1 Å². The van der Waals surface area contributed by atoms with Crippen molar-refractivity contribution in [3.05, 3.63) is 65.6 Å². The molecule has 0 radical (unpaired) electrons. The van der Waals surface area contributed by atoms with Crippen LogP contribution in [0.1, 0.15) is 43.8 Å². The number of likely N-dealkylation sites (tertiary alicyclic amines) is 1. The molecule has 1 aliphatic rings. The number of hydrogen-bond acceptors (Lipinski definition) is 7. The molecule has 0 saturated carbocycles. The summed E-state index contributed by atoms with van der Waals surface area (Å²) in [6.45, 7) is 5.31. The Morgan fingerprint density at radius 3 is 2.58 bits per heavy atom. The van der Waals surface area contributed by atoms with Crippen LogP contribution >= 0.6 is 22.6 Å². The lowest BCUT2D eigenvalue weighted by Gasteiger charge is -2.23. The standard InChI is InChI=1S/C26H28F3IN6O2/c1-16(2)38-25-34-20(12-21(35-25)18-13-32-24(33-14-18)26(28,29)30)15-31-23(37)22-4-3-10-36(22)11-9-17-5-7-19(27)8-6-17/h5-8,12-14,16,22H,3-4,9-11,15H2,1-2H3,(H,31,37)/t22-/m0/s1. The molecule has 8 nitrogen and oxygen atoms in total. The smallest absolute Gasteiger partial charge is 0.354 e. The number of amides is 1. The highest BCUT2D eigenvalue weighted by molar-refractivity contribution is 14.1. The van der Waals surface area contributed by atoms with Gasteiger partial charge in [-0.3, -0.25) is 9.69 Å². The van der Waals surface area contributed by atoms with Crippen LogP contribution in [-0.4, -0.2) is 56.0 Å². The summed E-state index contributed by atoms with van der Waals surface area (Å²) in [6, 6.07) is 7.89. The average molecular weight is 640 g/mol. The second-order valence-corrected chi connectivity index (χ2v) is 10.6. The Hall–Kier alpha value is -2.87. The highest BCUT2D eigenvalue weighted by Crippen LogP contribution is 2.32. The van der Waals surface area contributed by atoms with E-state index in [0.29, 0.717) is 23.5 Å². The fourth-order valence-electron chi connectivity index (χ4n) is 4.19. The Morgan fingerprint density at radius 2 is 1.92 bits per heavy atom. The van der Waals surface area contributed by atoms with E-state index in [-0.39, 0.29) is 36.4 Å². The van der Waals surface area contributed by atoms with E-state index in [1.165, 1.54) is 24.5 Å². The van der Waals surface area contributed by atoms with Gasteiger partial charge in [0.15, 0.2) is 0 Å². The summed E-state index contributed by atoms with van der Waals surface area (Å²) in [7, 11) is 0. The largest absolute Gasteiger partial charge is 0.461 e. The third kappa shape index (κ3) is 7.59. The van der Waals surface area contributed by atoms with Crippen molar-refractivity contribution < 1.29 is 22.7 Å². The summed E-state index contributed by atoms with van der Waals surface area (Å²) in [4.78, 5) is 31.5. The number of rotatable bonds is 10. The number of nitrogens with zero attached hydrogens (tertiary/aromatic N) is 5. The van der Waals surface area contributed by atoms with E-state index in [4.69, 9.17) is 4.74 Å². The van der Waals surface area contributed by atoms with Crippen LogP contribution in [0.5, 0.6) is 6.01 Å². The minimum absolute atomic E-state index is 0.104. The predicted octanol–water partition coefficient (Wildman–Crippen LogP) is 4.67. The number of carbonyl (C=O) groups is 1. The van der Waals surface area contributed by atoms with Crippen LogP contribution in [0.2, 0.25) is 0 Å². The molecule has 38 heavy (non-hydrogen) atoms. The molecule has 1 aliphatic heterocycles. The number of ether oxygens (including phenoxy) is 1. The van der Waals surface area contributed by atoms with Crippen molar-refractivity contribution in [3.63, 3.8) is 0 Å². The first-order valence-electron chi connectivity index (χ1n) is 12.3. The maximum atomic E-state index is 13.5. The van der Waals surface area contributed by atoms with Crippen molar-refractivity contribution in [3.8, 4) is 17.3 Å². The van der Waals surface area contributed by atoms with E-state index < -0.39 is 9.75 Å². The third-order valence-corrected chi connectivity index (χ3v) is 6.49. The minimum Gasteiger partial charge on any atom is -0.461 e. The van der Waals surface area contributed by atoms with Crippen LogP contribution < -0.4 is 10.1 Å². The molecule has 1 N–H and O–H groups in total. The van der Waals surface area contributed by atoms with Crippen LogP contribution in [0.15, 0.2) is 42.7 Å². The Bertz CT molecular complexity index is 1240. The second-order valence-electron chi connectivity index (χ2n) is 9.28. The molecule has 1 atom stereocenters. The van der Waals surface area contributed by atoms with Gasteiger partial charge in [0, 0.05) is 47.1 Å². The van der Waals surface area contributed by atoms with Gasteiger partial charge in [-0.1, -0.05) is 12.1 Å². The normalized spacial score (nSPS) is 16.1. The first kappa shape index (κ1) is 28.1. The van der Waals surface area contributed by atoms with E-state index >= 15 is 0 Å². The average Bonchev–Trinajstić information content (AvgIpc) is 3.35. The van der Waals surface area contributed by atoms with Gasteiger partial charge in [0.1, 0.15) is 5.82 Å². The quantitative estimate of drug-likeness (QED) is 0.255. The minimum atomic E-state index is -3.18. The Kier molecular flexibility index (Phi) is 9.13. The molecule has 1 aromatic carbocycles. The summed E-state index contributed by atoms with van der Waals surface area (Å²) >= 11 is 0.975. The molecule has 2 aromatic heterocycles. The molecule has 12 heteroatoms. The number of nitrogens with one attached hydrogen (secondary N) is 1. The summed E-state index contributed by atoms with van der Waals surface area (Å²) < 4.78 is 42.7. The van der Waals surface area contributed by atoms with Gasteiger partial charge >= 0.3 is 9.94 Å². The van der Waals surface area contributed by atoms with E-state index in [1.807, 2.05) is 13.8 Å². The Balaban J connectivity index is 1.44. The van der Waals surface area contributed by atoms with E-state index in [1.54, 1.807) is 18.2 Å². The first-order valence-corrected chi connectivity index (χ1v) is 13.4. The summed E-state index contributed by atoms with van der Waals surface area (Å²) in [5.74, 6) is -0.971. The van der Waals surface area contributed by atoms with Crippen LogP contribution in [0, 0.1) is 5.82 Å². The van der Waals surface area contributed by atoms with Gasteiger partial charge < -0.3 is 10.1 Å². The molecule has 1 fully saturated rings. The van der Waals surface area contributed by atoms with Crippen LogP contribution in [0.3, 0.4) is 0 Å².